The summed E-state index contributed by atoms with van der Waals surface area (Å²) in [5.74, 6) is 0.547. The first-order valence-corrected chi connectivity index (χ1v) is 6.53. The van der Waals surface area contributed by atoms with E-state index >= 15 is 0 Å². The Balaban J connectivity index is 2.54. The fraction of sp³-hybridized carbons (Fsp3) is 0.429. The number of rotatable bonds is 8. The van der Waals surface area contributed by atoms with E-state index in [9.17, 15) is 4.79 Å². The number of benzene rings is 1. The average Bonchev–Trinajstić information content (AvgIpc) is 2.45. The molecule has 7 heteroatoms. The van der Waals surface area contributed by atoms with Crippen molar-refractivity contribution in [3.8, 4) is 5.75 Å². The van der Waals surface area contributed by atoms with Gasteiger partial charge in [0, 0.05) is 31.9 Å². The maximum atomic E-state index is 11.8. The zero-order valence-electron chi connectivity index (χ0n) is 12.2. The van der Waals surface area contributed by atoms with Crippen LogP contribution in [0.5, 0.6) is 5.75 Å². The molecule has 0 radical (unpaired) electrons. The molecular weight excluding hydrogens is 274 g/mol. The highest BCUT2D eigenvalue weighted by Crippen LogP contribution is 2.18. The maximum absolute atomic E-state index is 11.8. The quantitative estimate of drug-likeness (QED) is 0.291. The summed E-state index contributed by atoms with van der Waals surface area (Å²) in [5.41, 5.74) is 5.94. The first-order valence-electron chi connectivity index (χ1n) is 6.53. The highest BCUT2D eigenvalue weighted by molar-refractivity contribution is 5.91. The predicted octanol–water partition coefficient (Wildman–Crippen LogP) is 1.42. The van der Waals surface area contributed by atoms with E-state index in [0.717, 1.165) is 0 Å². The standard InChI is InChI=1S/C14H21N3O4/c1-10(8-20-2)6-14(18)16-11-4-3-5-12(7-11)21-9-13(15)17-19/h3-5,7,10,19H,6,8-9H2,1-2H3,(H2,15,17)(H,16,18). The van der Waals surface area contributed by atoms with Crippen LogP contribution in [0.25, 0.3) is 0 Å². The van der Waals surface area contributed by atoms with E-state index in [1.807, 2.05) is 6.92 Å². The summed E-state index contributed by atoms with van der Waals surface area (Å²) in [6.45, 7) is 2.45. The fourth-order valence-corrected chi connectivity index (χ4v) is 1.72. The molecule has 0 saturated carbocycles. The molecule has 1 amide bonds. The van der Waals surface area contributed by atoms with Crippen molar-refractivity contribution in [1.82, 2.24) is 0 Å². The summed E-state index contributed by atoms with van der Waals surface area (Å²) in [6, 6.07) is 6.89. The number of carbonyl (C=O) groups excluding carboxylic acids is 1. The number of anilines is 1. The Hall–Kier alpha value is -2.28. The van der Waals surface area contributed by atoms with Gasteiger partial charge in [0.1, 0.15) is 12.4 Å². The van der Waals surface area contributed by atoms with E-state index < -0.39 is 0 Å². The van der Waals surface area contributed by atoms with Gasteiger partial charge in [-0.2, -0.15) is 0 Å². The van der Waals surface area contributed by atoms with Gasteiger partial charge in [0.2, 0.25) is 5.91 Å². The highest BCUT2D eigenvalue weighted by atomic mass is 16.5. The number of carbonyl (C=O) groups is 1. The van der Waals surface area contributed by atoms with Gasteiger partial charge in [0.15, 0.2) is 5.84 Å². The molecule has 0 spiro atoms. The van der Waals surface area contributed by atoms with Crippen molar-refractivity contribution in [1.29, 1.82) is 0 Å². The van der Waals surface area contributed by atoms with Crippen LogP contribution in [0.2, 0.25) is 0 Å². The van der Waals surface area contributed by atoms with Crippen LogP contribution in [-0.4, -0.2) is 37.3 Å². The van der Waals surface area contributed by atoms with Crippen molar-refractivity contribution >= 4 is 17.4 Å². The van der Waals surface area contributed by atoms with Gasteiger partial charge in [-0.25, -0.2) is 0 Å². The first-order chi connectivity index (χ1) is 10.0. The number of amides is 1. The van der Waals surface area contributed by atoms with Crippen LogP contribution in [0.1, 0.15) is 13.3 Å². The van der Waals surface area contributed by atoms with Gasteiger partial charge in [-0.1, -0.05) is 18.1 Å². The number of hydrogen-bond donors (Lipinski definition) is 3. The van der Waals surface area contributed by atoms with E-state index in [0.29, 0.717) is 24.5 Å². The number of nitrogens with zero attached hydrogens (tertiary/aromatic N) is 1. The monoisotopic (exact) mass is 295 g/mol. The minimum absolute atomic E-state index is 0.0290. The number of nitrogens with one attached hydrogen (secondary N) is 1. The molecule has 0 aliphatic carbocycles. The third-order valence-corrected chi connectivity index (χ3v) is 2.62. The molecule has 0 saturated heterocycles. The molecule has 0 aliphatic rings. The van der Waals surface area contributed by atoms with Gasteiger partial charge < -0.3 is 25.7 Å². The normalized spacial score (nSPS) is 12.8. The third kappa shape index (κ3) is 6.62. The van der Waals surface area contributed by atoms with E-state index in [1.54, 1.807) is 31.4 Å². The van der Waals surface area contributed by atoms with Crippen LogP contribution in [0.15, 0.2) is 29.4 Å². The zero-order valence-corrected chi connectivity index (χ0v) is 12.2. The van der Waals surface area contributed by atoms with Crippen LogP contribution in [0.4, 0.5) is 5.69 Å². The summed E-state index contributed by atoms with van der Waals surface area (Å²) in [7, 11) is 1.61. The van der Waals surface area contributed by atoms with Gasteiger partial charge in [-0.05, 0) is 18.1 Å². The van der Waals surface area contributed by atoms with E-state index in [4.69, 9.17) is 20.4 Å². The van der Waals surface area contributed by atoms with Crippen LogP contribution >= 0.6 is 0 Å². The van der Waals surface area contributed by atoms with E-state index in [1.165, 1.54) is 0 Å². The summed E-state index contributed by atoms with van der Waals surface area (Å²) in [4.78, 5) is 11.8. The van der Waals surface area contributed by atoms with Crippen molar-refractivity contribution < 1.29 is 19.5 Å². The summed E-state index contributed by atoms with van der Waals surface area (Å²) in [6.07, 6.45) is 0.378. The molecule has 0 aromatic heterocycles. The SMILES string of the molecule is COCC(C)CC(=O)Nc1cccc(OC/C(N)=N/O)c1. The zero-order chi connectivity index (χ0) is 15.7. The van der Waals surface area contributed by atoms with Crippen LogP contribution < -0.4 is 15.8 Å². The van der Waals surface area contributed by atoms with Gasteiger partial charge in [-0.3, -0.25) is 4.79 Å². The molecule has 21 heavy (non-hydrogen) atoms. The van der Waals surface area contributed by atoms with Gasteiger partial charge >= 0.3 is 0 Å². The molecule has 0 aliphatic heterocycles. The number of ether oxygens (including phenoxy) is 2. The number of nitrogens with two attached hydrogens (primary N) is 1. The summed E-state index contributed by atoms with van der Waals surface area (Å²) in [5, 5.41) is 14.0. The fourth-order valence-electron chi connectivity index (χ4n) is 1.72. The third-order valence-electron chi connectivity index (χ3n) is 2.62. The minimum Gasteiger partial charge on any atom is -0.485 e. The molecule has 4 N–H and O–H groups in total. The highest BCUT2D eigenvalue weighted by Gasteiger charge is 2.09. The summed E-state index contributed by atoms with van der Waals surface area (Å²) >= 11 is 0. The lowest BCUT2D eigenvalue weighted by molar-refractivity contribution is -0.117. The largest absolute Gasteiger partial charge is 0.485 e. The molecule has 0 bridgehead atoms. The molecule has 116 valence electrons. The molecule has 1 aromatic carbocycles. The van der Waals surface area contributed by atoms with Gasteiger partial charge in [0.25, 0.3) is 0 Å². The van der Waals surface area contributed by atoms with Crippen molar-refractivity contribution in [2.75, 3.05) is 25.6 Å². The van der Waals surface area contributed by atoms with E-state index in [-0.39, 0.29) is 24.3 Å². The van der Waals surface area contributed by atoms with Crippen LogP contribution in [0, 0.1) is 5.92 Å². The molecular formula is C14H21N3O4. The van der Waals surface area contributed by atoms with Gasteiger partial charge in [0.05, 0.1) is 0 Å². The summed E-state index contributed by atoms with van der Waals surface area (Å²) < 4.78 is 10.3. The van der Waals surface area contributed by atoms with E-state index in [2.05, 4.69) is 10.5 Å². The Morgan fingerprint density at radius 1 is 1.52 bits per heavy atom. The van der Waals surface area contributed by atoms with Crippen molar-refractivity contribution in [2.45, 2.75) is 13.3 Å². The molecule has 1 rings (SSSR count). The second-order valence-electron chi connectivity index (χ2n) is 4.72. The molecule has 1 atom stereocenters. The number of oxime groups is 1. The first kappa shape index (κ1) is 16.8. The Kier molecular flexibility index (Phi) is 7.03. The molecule has 7 nitrogen and oxygen atoms in total. The Morgan fingerprint density at radius 3 is 2.95 bits per heavy atom. The van der Waals surface area contributed by atoms with Crippen molar-refractivity contribution in [3.63, 3.8) is 0 Å². The Labute approximate surface area is 123 Å². The number of amidine groups is 1. The lowest BCUT2D eigenvalue weighted by Gasteiger charge is -2.11. The Morgan fingerprint density at radius 2 is 2.29 bits per heavy atom. The molecule has 0 heterocycles. The molecule has 1 aromatic rings. The predicted molar refractivity (Wildman–Crippen MR) is 79.6 cm³/mol. The lowest BCUT2D eigenvalue weighted by atomic mass is 10.1. The number of hydrogen-bond acceptors (Lipinski definition) is 5. The van der Waals surface area contributed by atoms with Crippen LogP contribution in [-0.2, 0) is 9.53 Å². The minimum atomic E-state index is -0.0897. The van der Waals surface area contributed by atoms with Crippen molar-refractivity contribution in [2.24, 2.45) is 16.8 Å². The van der Waals surface area contributed by atoms with Crippen LogP contribution in [0.3, 0.4) is 0 Å². The Bertz CT molecular complexity index is 491. The topological polar surface area (TPSA) is 106 Å². The number of methoxy groups -OCH3 is 1. The lowest BCUT2D eigenvalue weighted by Crippen LogP contribution is -2.21. The molecule has 1 unspecified atom stereocenters. The smallest absolute Gasteiger partial charge is 0.224 e. The maximum Gasteiger partial charge on any atom is 0.224 e. The van der Waals surface area contributed by atoms with Gasteiger partial charge in [-0.15, -0.1) is 0 Å². The average molecular weight is 295 g/mol. The second kappa shape index (κ2) is 8.80. The second-order valence-corrected chi connectivity index (χ2v) is 4.72. The van der Waals surface area contributed by atoms with Crippen molar-refractivity contribution in [3.05, 3.63) is 24.3 Å². The molecule has 0 fully saturated rings.